The van der Waals surface area contributed by atoms with Gasteiger partial charge in [-0.05, 0) is 56.9 Å². The van der Waals surface area contributed by atoms with Gasteiger partial charge in [0.2, 0.25) is 0 Å². The van der Waals surface area contributed by atoms with Gasteiger partial charge in [-0.25, -0.2) is 0 Å². The molecule has 0 atom stereocenters. The van der Waals surface area contributed by atoms with Gasteiger partial charge in [0.1, 0.15) is 5.75 Å². The minimum Gasteiger partial charge on any atom is -0.508 e. The molecule has 1 saturated heterocycles. The van der Waals surface area contributed by atoms with Crippen LogP contribution in [0.1, 0.15) is 18.4 Å². The van der Waals surface area contributed by atoms with Crippen LogP contribution in [0.3, 0.4) is 0 Å². The van der Waals surface area contributed by atoms with Gasteiger partial charge in [-0.1, -0.05) is 6.07 Å². The summed E-state index contributed by atoms with van der Waals surface area (Å²) in [6.45, 7) is 2.37. The molecule has 1 heterocycles. The molecule has 0 radical (unpaired) electrons. The summed E-state index contributed by atoms with van der Waals surface area (Å²) in [6, 6.07) is 5.31. The van der Waals surface area contributed by atoms with Crippen molar-refractivity contribution >= 4 is 5.69 Å². The molecule has 0 bridgehead atoms. The number of hydrogen-bond donors (Lipinski definition) is 2. The normalized spacial score (nSPS) is 18.8. The van der Waals surface area contributed by atoms with E-state index in [9.17, 15) is 5.11 Å². The second kappa shape index (κ2) is 4.74. The molecule has 1 aliphatic heterocycles. The highest BCUT2D eigenvalue weighted by Crippen LogP contribution is 2.25. The SMILES string of the molecule is CN1CCC(Cc2ccc(O)cc2N)CC1. The summed E-state index contributed by atoms with van der Waals surface area (Å²) >= 11 is 0. The molecular formula is C13H20N2O. The minimum absolute atomic E-state index is 0.254. The van der Waals surface area contributed by atoms with E-state index in [-0.39, 0.29) is 5.75 Å². The lowest BCUT2D eigenvalue weighted by Gasteiger charge is -2.29. The second-order valence-corrected chi connectivity index (χ2v) is 4.83. The van der Waals surface area contributed by atoms with Gasteiger partial charge in [0.25, 0.3) is 0 Å². The first-order valence-electron chi connectivity index (χ1n) is 5.91. The van der Waals surface area contributed by atoms with Gasteiger partial charge in [-0.3, -0.25) is 0 Å². The third-order valence-corrected chi connectivity index (χ3v) is 3.48. The number of nitrogen functional groups attached to an aromatic ring is 1. The average Bonchev–Trinajstić information content (AvgIpc) is 2.25. The third kappa shape index (κ3) is 2.67. The maximum Gasteiger partial charge on any atom is 0.117 e. The molecule has 0 aliphatic carbocycles. The van der Waals surface area contributed by atoms with Crippen molar-refractivity contribution in [2.75, 3.05) is 25.9 Å². The number of anilines is 1. The number of rotatable bonds is 2. The molecule has 1 aliphatic rings. The van der Waals surface area contributed by atoms with Gasteiger partial charge in [0.05, 0.1) is 0 Å². The number of phenols is 1. The van der Waals surface area contributed by atoms with Crippen LogP contribution in [0.15, 0.2) is 18.2 Å². The highest BCUT2D eigenvalue weighted by Gasteiger charge is 2.17. The Labute approximate surface area is 96.9 Å². The second-order valence-electron chi connectivity index (χ2n) is 4.83. The number of nitrogens with two attached hydrogens (primary N) is 1. The van der Waals surface area contributed by atoms with Crippen LogP contribution >= 0.6 is 0 Å². The molecular weight excluding hydrogens is 200 g/mol. The standard InChI is InChI=1S/C13H20N2O/c1-15-6-4-10(5-7-15)8-11-2-3-12(16)9-13(11)14/h2-3,9-10,16H,4-8,14H2,1H3. The third-order valence-electron chi connectivity index (χ3n) is 3.48. The number of likely N-dealkylation sites (tertiary alicyclic amines) is 1. The summed E-state index contributed by atoms with van der Waals surface area (Å²) in [5.74, 6) is 0.993. The molecule has 3 N–H and O–H groups in total. The van der Waals surface area contributed by atoms with E-state index in [1.807, 2.05) is 6.07 Å². The van der Waals surface area contributed by atoms with Gasteiger partial charge in [0.15, 0.2) is 0 Å². The number of nitrogens with zero attached hydrogens (tertiary/aromatic N) is 1. The van der Waals surface area contributed by atoms with Gasteiger partial charge < -0.3 is 15.7 Å². The molecule has 0 amide bonds. The molecule has 2 rings (SSSR count). The highest BCUT2D eigenvalue weighted by atomic mass is 16.3. The quantitative estimate of drug-likeness (QED) is 0.748. The predicted octanol–water partition coefficient (Wildman–Crippen LogP) is 1.86. The summed E-state index contributed by atoms with van der Waals surface area (Å²) in [7, 11) is 2.17. The topological polar surface area (TPSA) is 49.5 Å². The smallest absolute Gasteiger partial charge is 0.117 e. The monoisotopic (exact) mass is 220 g/mol. The number of benzene rings is 1. The van der Waals surface area contributed by atoms with Gasteiger partial charge in [0, 0.05) is 11.8 Å². The Morgan fingerprint density at radius 2 is 2.06 bits per heavy atom. The van der Waals surface area contributed by atoms with Crippen molar-refractivity contribution in [3.05, 3.63) is 23.8 Å². The Morgan fingerprint density at radius 1 is 1.38 bits per heavy atom. The van der Waals surface area contributed by atoms with Crippen molar-refractivity contribution < 1.29 is 5.11 Å². The molecule has 1 fully saturated rings. The lowest BCUT2D eigenvalue weighted by Crippen LogP contribution is -2.31. The lowest BCUT2D eigenvalue weighted by atomic mass is 9.90. The first-order chi connectivity index (χ1) is 7.65. The van der Waals surface area contributed by atoms with Crippen LogP contribution < -0.4 is 5.73 Å². The fourth-order valence-electron chi connectivity index (χ4n) is 2.35. The van der Waals surface area contributed by atoms with Crippen LogP contribution in [-0.4, -0.2) is 30.1 Å². The Bertz CT molecular complexity index is 357. The van der Waals surface area contributed by atoms with Gasteiger partial charge >= 0.3 is 0 Å². The van der Waals surface area contributed by atoms with Crippen molar-refractivity contribution in [1.82, 2.24) is 4.90 Å². The molecule has 3 nitrogen and oxygen atoms in total. The molecule has 0 unspecified atom stereocenters. The van der Waals surface area contributed by atoms with Crippen LogP contribution in [0, 0.1) is 5.92 Å². The minimum atomic E-state index is 0.254. The first kappa shape index (κ1) is 11.3. The Hall–Kier alpha value is -1.22. The van der Waals surface area contributed by atoms with Gasteiger partial charge in [-0.15, -0.1) is 0 Å². The maximum atomic E-state index is 9.29. The van der Waals surface area contributed by atoms with E-state index in [4.69, 9.17) is 5.73 Å². The van der Waals surface area contributed by atoms with E-state index in [1.165, 1.54) is 31.5 Å². The summed E-state index contributed by atoms with van der Waals surface area (Å²) in [6.07, 6.45) is 3.54. The lowest BCUT2D eigenvalue weighted by molar-refractivity contribution is 0.219. The zero-order valence-electron chi connectivity index (χ0n) is 9.82. The van der Waals surface area contributed by atoms with E-state index in [0.29, 0.717) is 0 Å². The number of phenolic OH excluding ortho intramolecular Hbond substituents is 1. The Kier molecular flexibility index (Phi) is 3.34. The summed E-state index contributed by atoms with van der Waals surface area (Å²) < 4.78 is 0. The Balaban J connectivity index is 1.98. The van der Waals surface area contributed by atoms with E-state index in [2.05, 4.69) is 11.9 Å². The largest absolute Gasteiger partial charge is 0.508 e. The summed E-state index contributed by atoms with van der Waals surface area (Å²) in [5.41, 5.74) is 7.79. The van der Waals surface area contributed by atoms with Crippen LogP contribution in [-0.2, 0) is 6.42 Å². The number of piperidine rings is 1. The summed E-state index contributed by atoms with van der Waals surface area (Å²) in [4.78, 5) is 2.37. The number of aromatic hydroxyl groups is 1. The fourth-order valence-corrected chi connectivity index (χ4v) is 2.35. The highest BCUT2D eigenvalue weighted by molar-refractivity contribution is 5.51. The fraction of sp³-hybridized carbons (Fsp3) is 0.538. The first-order valence-corrected chi connectivity index (χ1v) is 5.91. The van der Waals surface area contributed by atoms with Crippen LogP contribution in [0.2, 0.25) is 0 Å². The van der Waals surface area contributed by atoms with Crippen molar-refractivity contribution in [3.63, 3.8) is 0 Å². The van der Waals surface area contributed by atoms with E-state index in [0.717, 1.165) is 18.0 Å². The Morgan fingerprint density at radius 3 is 2.69 bits per heavy atom. The van der Waals surface area contributed by atoms with Crippen LogP contribution in [0.4, 0.5) is 5.69 Å². The summed E-state index contributed by atoms with van der Waals surface area (Å²) in [5, 5.41) is 9.29. The van der Waals surface area contributed by atoms with Gasteiger partial charge in [-0.2, -0.15) is 0 Å². The molecule has 3 heteroatoms. The predicted molar refractivity (Wildman–Crippen MR) is 66.4 cm³/mol. The molecule has 16 heavy (non-hydrogen) atoms. The van der Waals surface area contributed by atoms with E-state index >= 15 is 0 Å². The zero-order valence-corrected chi connectivity index (χ0v) is 9.82. The zero-order chi connectivity index (χ0) is 11.5. The van der Waals surface area contributed by atoms with Crippen molar-refractivity contribution in [1.29, 1.82) is 0 Å². The molecule has 0 spiro atoms. The molecule has 0 saturated carbocycles. The van der Waals surface area contributed by atoms with Crippen molar-refractivity contribution in [3.8, 4) is 5.75 Å². The average molecular weight is 220 g/mol. The molecule has 1 aromatic carbocycles. The molecule has 0 aromatic heterocycles. The van der Waals surface area contributed by atoms with Crippen molar-refractivity contribution in [2.24, 2.45) is 5.92 Å². The van der Waals surface area contributed by atoms with Crippen molar-refractivity contribution in [2.45, 2.75) is 19.3 Å². The van der Waals surface area contributed by atoms with Crippen LogP contribution in [0.5, 0.6) is 5.75 Å². The van der Waals surface area contributed by atoms with E-state index < -0.39 is 0 Å². The molecule has 1 aromatic rings. The van der Waals surface area contributed by atoms with E-state index in [1.54, 1.807) is 12.1 Å². The maximum absolute atomic E-state index is 9.29. The number of hydrogen-bond acceptors (Lipinski definition) is 3. The van der Waals surface area contributed by atoms with Crippen LogP contribution in [0.25, 0.3) is 0 Å². The molecule has 88 valence electrons.